The quantitative estimate of drug-likeness (QED) is 0.821. The third kappa shape index (κ3) is 4.08. The van der Waals surface area contributed by atoms with Gasteiger partial charge in [0.15, 0.2) is 0 Å². The summed E-state index contributed by atoms with van der Waals surface area (Å²) in [4.78, 5) is 11.7. The lowest BCUT2D eigenvalue weighted by Gasteiger charge is -2.25. The van der Waals surface area contributed by atoms with E-state index in [0.717, 1.165) is 25.7 Å². The maximum atomic E-state index is 11.7. The van der Waals surface area contributed by atoms with Gasteiger partial charge in [-0.1, -0.05) is 24.3 Å². The molecule has 1 aromatic rings. The Hall–Kier alpha value is -1.86. The Morgan fingerprint density at radius 2 is 2.23 bits per heavy atom. The number of nitriles is 1. The van der Waals surface area contributed by atoms with Gasteiger partial charge in [-0.05, 0) is 50.7 Å². The summed E-state index contributed by atoms with van der Waals surface area (Å²) in [5.74, 6) is -0.224. The van der Waals surface area contributed by atoms with Crippen molar-refractivity contribution in [3.05, 3.63) is 35.4 Å². The molecule has 22 heavy (non-hydrogen) atoms. The first-order valence-electron chi connectivity index (χ1n) is 7.93. The number of nitrogens with zero attached hydrogens (tertiary/aromatic N) is 1. The highest BCUT2D eigenvalue weighted by atomic mass is 16.5. The van der Waals surface area contributed by atoms with E-state index in [2.05, 4.69) is 29.6 Å². The Labute approximate surface area is 132 Å². The molecule has 1 atom stereocenters. The molecule has 0 fully saturated rings. The summed E-state index contributed by atoms with van der Waals surface area (Å²) in [5.41, 5.74) is 1.73. The van der Waals surface area contributed by atoms with Gasteiger partial charge in [0.05, 0.1) is 12.2 Å². The molecule has 1 N–H and O–H groups in total. The van der Waals surface area contributed by atoms with Crippen LogP contribution in [0.15, 0.2) is 24.3 Å². The van der Waals surface area contributed by atoms with Crippen LogP contribution in [0.25, 0.3) is 0 Å². The lowest BCUT2D eigenvalue weighted by molar-refractivity contribution is -0.126. The number of hydrogen-bond acceptors (Lipinski definition) is 3. The molecule has 4 heteroatoms. The first-order chi connectivity index (χ1) is 10.5. The van der Waals surface area contributed by atoms with Crippen LogP contribution in [0.1, 0.15) is 50.3 Å². The number of aryl methyl sites for hydroxylation is 1. The van der Waals surface area contributed by atoms with Crippen molar-refractivity contribution in [3.63, 3.8) is 0 Å². The summed E-state index contributed by atoms with van der Waals surface area (Å²) >= 11 is 0. The van der Waals surface area contributed by atoms with Gasteiger partial charge in [-0.15, -0.1) is 0 Å². The summed E-state index contributed by atoms with van der Waals surface area (Å²) in [6.45, 7) is 4.40. The molecular weight excluding hydrogens is 276 g/mol. The molecule has 0 heterocycles. The number of rotatable bonds is 6. The maximum Gasteiger partial charge on any atom is 0.239 e. The van der Waals surface area contributed by atoms with Gasteiger partial charge < -0.3 is 10.1 Å². The largest absolute Gasteiger partial charge is 0.373 e. The number of carbonyl (C=O) groups is 1. The minimum atomic E-state index is -0.969. The number of fused-ring (bicyclic) bond motifs is 1. The molecule has 1 amide bonds. The molecule has 0 spiro atoms. The lowest BCUT2D eigenvalue weighted by Crippen LogP contribution is -2.36. The number of nitrogens with one attached hydrogen (secondary N) is 1. The molecule has 0 aromatic heterocycles. The lowest BCUT2D eigenvalue weighted by atomic mass is 9.89. The molecule has 2 rings (SSSR count). The van der Waals surface area contributed by atoms with Crippen molar-refractivity contribution >= 4 is 5.91 Å². The maximum absolute atomic E-state index is 11.7. The number of hydrogen-bond donors (Lipinski definition) is 1. The smallest absolute Gasteiger partial charge is 0.239 e. The Morgan fingerprint density at radius 1 is 1.45 bits per heavy atom. The van der Waals surface area contributed by atoms with Crippen LogP contribution in [0.2, 0.25) is 0 Å². The normalized spacial score (nSPS) is 17.4. The second-order valence-corrected chi connectivity index (χ2v) is 6.30. The van der Waals surface area contributed by atoms with Crippen molar-refractivity contribution < 1.29 is 9.53 Å². The Kier molecular flexibility index (Phi) is 5.57. The van der Waals surface area contributed by atoms with Gasteiger partial charge in [-0.25, -0.2) is 0 Å². The standard InChI is InChI=1S/C18H24N2O2/c1-18(2,13-19)17(21)20-11-6-12-22-16-10-5-8-14-7-3-4-9-15(14)16/h3-4,7,9,16H,5-6,8,10-12H2,1-2H3,(H,20,21). The second kappa shape index (κ2) is 7.42. The fourth-order valence-corrected chi connectivity index (χ4v) is 2.65. The second-order valence-electron chi connectivity index (χ2n) is 6.30. The van der Waals surface area contributed by atoms with E-state index in [1.165, 1.54) is 11.1 Å². The SMILES string of the molecule is CC(C)(C#N)C(=O)NCCCOC1CCCc2ccccc21. The van der Waals surface area contributed by atoms with Gasteiger partial charge in [0.2, 0.25) is 5.91 Å². The van der Waals surface area contributed by atoms with E-state index in [-0.39, 0.29) is 12.0 Å². The van der Waals surface area contributed by atoms with Crippen molar-refractivity contribution in [2.75, 3.05) is 13.2 Å². The molecule has 0 bridgehead atoms. The summed E-state index contributed by atoms with van der Waals surface area (Å²) in [5, 5.41) is 11.7. The molecule has 0 saturated heterocycles. The van der Waals surface area contributed by atoms with Crippen LogP contribution in [-0.4, -0.2) is 19.1 Å². The monoisotopic (exact) mass is 300 g/mol. The highest BCUT2D eigenvalue weighted by Gasteiger charge is 2.26. The van der Waals surface area contributed by atoms with Gasteiger partial charge in [-0.3, -0.25) is 4.79 Å². The highest BCUT2D eigenvalue weighted by molar-refractivity contribution is 5.84. The Bertz CT molecular complexity index is 560. The third-order valence-corrected chi connectivity index (χ3v) is 4.09. The molecular formula is C18H24N2O2. The molecule has 1 unspecified atom stereocenters. The van der Waals surface area contributed by atoms with E-state index in [1.54, 1.807) is 13.8 Å². The molecule has 4 nitrogen and oxygen atoms in total. The first-order valence-corrected chi connectivity index (χ1v) is 7.93. The zero-order chi connectivity index (χ0) is 16.0. The zero-order valence-corrected chi connectivity index (χ0v) is 13.4. The van der Waals surface area contributed by atoms with Crippen molar-refractivity contribution in [2.45, 2.75) is 45.6 Å². The number of ether oxygens (including phenoxy) is 1. The molecule has 1 aliphatic carbocycles. The van der Waals surface area contributed by atoms with Crippen LogP contribution in [0, 0.1) is 16.7 Å². The third-order valence-electron chi connectivity index (χ3n) is 4.09. The van der Waals surface area contributed by atoms with Gasteiger partial charge in [0.25, 0.3) is 0 Å². The number of benzene rings is 1. The zero-order valence-electron chi connectivity index (χ0n) is 13.4. The minimum absolute atomic E-state index is 0.177. The average molecular weight is 300 g/mol. The van der Waals surface area contributed by atoms with Crippen LogP contribution in [0.4, 0.5) is 0 Å². The van der Waals surface area contributed by atoms with Crippen molar-refractivity contribution in [1.82, 2.24) is 5.32 Å². The van der Waals surface area contributed by atoms with E-state index in [1.807, 2.05) is 6.07 Å². The van der Waals surface area contributed by atoms with Crippen LogP contribution < -0.4 is 5.32 Å². The molecule has 0 aliphatic heterocycles. The summed E-state index contributed by atoms with van der Waals surface area (Å²) in [7, 11) is 0. The van der Waals surface area contributed by atoms with Crippen molar-refractivity contribution in [3.8, 4) is 6.07 Å². The average Bonchev–Trinajstić information content (AvgIpc) is 2.54. The predicted molar refractivity (Wildman–Crippen MR) is 85.1 cm³/mol. The van der Waals surface area contributed by atoms with Gasteiger partial charge in [-0.2, -0.15) is 5.26 Å². The van der Waals surface area contributed by atoms with E-state index in [4.69, 9.17) is 10.00 Å². The van der Waals surface area contributed by atoms with Gasteiger partial charge >= 0.3 is 0 Å². The predicted octanol–water partition coefficient (Wildman–Crippen LogP) is 3.14. The molecule has 1 aromatic carbocycles. The summed E-state index contributed by atoms with van der Waals surface area (Å²) in [6.07, 6.45) is 4.29. The van der Waals surface area contributed by atoms with Crippen molar-refractivity contribution in [1.29, 1.82) is 5.26 Å². The van der Waals surface area contributed by atoms with Crippen LogP contribution in [0.5, 0.6) is 0 Å². The minimum Gasteiger partial charge on any atom is -0.373 e. The van der Waals surface area contributed by atoms with Crippen LogP contribution in [0.3, 0.4) is 0 Å². The number of carbonyl (C=O) groups excluding carboxylic acids is 1. The Balaban J connectivity index is 1.72. The Morgan fingerprint density at radius 3 is 3.00 bits per heavy atom. The number of amides is 1. The van der Waals surface area contributed by atoms with E-state index in [0.29, 0.717) is 13.2 Å². The van der Waals surface area contributed by atoms with Crippen LogP contribution in [-0.2, 0) is 16.0 Å². The van der Waals surface area contributed by atoms with Crippen LogP contribution >= 0.6 is 0 Å². The van der Waals surface area contributed by atoms with E-state index < -0.39 is 5.41 Å². The molecule has 0 radical (unpaired) electrons. The highest BCUT2D eigenvalue weighted by Crippen LogP contribution is 2.32. The van der Waals surface area contributed by atoms with E-state index in [9.17, 15) is 4.79 Å². The summed E-state index contributed by atoms with van der Waals surface area (Å²) < 4.78 is 5.99. The molecule has 1 aliphatic rings. The summed E-state index contributed by atoms with van der Waals surface area (Å²) in [6, 6.07) is 10.5. The van der Waals surface area contributed by atoms with Gasteiger partial charge in [0.1, 0.15) is 5.41 Å². The molecule has 0 saturated carbocycles. The van der Waals surface area contributed by atoms with Gasteiger partial charge in [0, 0.05) is 13.2 Å². The van der Waals surface area contributed by atoms with E-state index >= 15 is 0 Å². The fraction of sp³-hybridized carbons (Fsp3) is 0.556. The fourth-order valence-electron chi connectivity index (χ4n) is 2.65. The van der Waals surface area contributed by atoms with Crippen molar-refractivity contribution in [2.24, 2.45) is 5.41 Å². The topological polar surface area (TPSA) is 62.1 Å². The molecule has 118 valence electrons. The first kappa shape index (κ1) is 16.5.